The van der Waals surface area contributed by atoms with Gasteiger partial charge in [-0.05, 0) is 74.3 Å². The second-order valence-electron chi connectivity index (χ2n) is 10.3. The quantitative estimate of drug-likeness (QED) is 0.495. The average Bonchev–Trinajstić information content (AvgIpc) is 3.23. The lowest BCUT2D eigenvalue weighted by molar-refractivity contribution is 0.00754. The fraction of sp³-hybridized carbons (Fsp3) is 0.556. The number of nitrogens with zero attached hydrogens (tertiary/aromatic N) is 1. The molecule has 204 valence electrons. The summed E-state index contributed by atoms with van der Waals surface area (Å²) in [6.45, 7) is 2.65. The van der Waals surface area contributed by atoms with Gasteiger partial charge in [-0.25, -0.2) is 17.2 Å². The van der Waals surface area contributed by atoms with Gasteiger partial charge >= 0.3 is 0 Å². The Hall–Kier alpha value is -2.27. The fourth-order valence-corrected chi connectivity index (χ4v) is 6.72. The lowest BCUT2D eigenvalue weighted by atomic mass is 9.82. The maximum Gasteiger partial charge on any atom is 0.211 e. The SMILES string of the molecule is COc1ccc(CN([C@@H]2C[C@@H](C)N[C@H]2COC2CCC(c3cc(F)cc(O)c3F)CC2)S(C)(=O)=O)cc1. The van der Waals surface area contributed by atoms with Gasteiger partial charge < -0.3 is 19.9 Å². The lowest BCUT2D eigenvalue weighted by Crippen LogP contribution is -2.48. The van der Waals surface area contributed by atoms with Crippen LogP contribution in [0.15, 0.2) is 36.4 Å². The first-order chi connectivity index (χ1) is 17.5. The highest BCUT2D eigenvalue weighted by atomic mass is 32.2. The molecule has 1 aliphatic heterocycles. The van der Waals surface area contributed by atoms with E-state index in [1.54, 1.807) is 11.4 Å². The second-order valence-corrected chi connectivity index (χ2v) is 12.2. The molecule has 2 aromatic carbocycles. The number of phenols is 1. The van der Waals surface area contributed by atoms with Crippen molar-refractivity contribution in [3.8, 4) is 11.5 Å². The molecule has 0 radical (unpaired) electrons. The zero-order chi connectivity index (χ0) is 26.7. The molecule has 1 heterocycles. The molecule has 3 atom stereocenters. The molecule has 0 bridgehead atoms. The molecule has 2 fully saturated rings. The molecular formula is C27H36F2N2O5S. The van der Waals surface area contributed by atoms with Crippen LogP contribution >= 0.6 is 0 Å². The Morgan fingerprint density at radius 1 is 1.11 bits per heavy atom. The summed E-state index contributed by atoms with van der Waals surface area (Å²) in [4.78, 5) is 0. The van der Waals surface area contributed by atoms with Gasteiger partial charge in [-0.3, -0.25) is 0 Å². The van der Waals surface area contributed by atoms with Crippen LogP contribution < -0.4 is 10.1 Å². The molecule has 2 aliphatic rings. The number of phenolic OH excluding ortho intramolecular Hbond substituents is 1. The standard InChI is InChI=1S/C27H36F2N2O5S/c1-17-12-25(31(37(3,33)34)15-18-4-8-21(35-2)9-5-18)24(30-17)16-36-22-10-6-19(7-11-22)23-13-20(28)14-26(32)27(23)29/h4-5,8-9,13-14,17,19,22,24-25,30,32H,6-7,10-12,15-16H2,1-3H3/t17-,19?,22?,24+,25-/m1/s1. The van der Waals surface area contributed by atoms with E-state index >= 15 is 0 Å². The molecule has 0 unspecified atom stereocenters. The predicted octanol–water partition coefficient (Wildman–Crippen LogP) is 4.30. The molecule has 2 aromatic rings. The summed E-state index contributed by atoms with van der Waals surface area (Å²) in [6, 6.07) is 9.04. The summed E-state index contributed by atoms with van der Waals surface area (Å²) in [5.41, 5.74) is 1.09. The van der Waals surface area contributed by atoms with Crippen molar-refractivity contribution in [3.05, 3.63) is 59.2 Å². The summed E-state index contributed by atoms with van der Waals surface area (Å²) in [7, 11) is -1.90. The highest BCUT2D eigenvalue weighted by molar-refractivity contribution is 7.88. The Labute approximate surface area is 217 Å². The third kappa shape index (κ3) is 6.79. The van der Waals surface area contributed by atoms with Crippen LogP contribution in [0.25, 0.3) is 0 Å². The fourth-order valence-electron chi connectivity index (χ4n) is 5.61. The minimum atomic E-state index is -3.49. The van der Waals surface area contributed by atoms with Crippen LogP contribution in [0.3, 0.4) is 0 Å². The third-order valence-electron chi connectivity index (χ3n) is 7.52. The van der Waals surface area contributed by atoms with E-state index in [4.69, 9.17) is 9.47 Å². The maximum atomic E-state index is 14.3. The summed E-state index contributed by atoms with van der Waals surface area (Å²) >= 11 is 0. The van der Waals surface area contributed by atoms with E-state index in [1.165, 1.54) is 6.26 Å². The molecule has 4 rings (SSSR count). The summed E-state index contributed by atoms with van der Waals surface area (Å²) in [6.07, 6.45) is 4.46. The van der Waals surface area contributed by atoms with Gasteiger partial charge in [0.2, 0.25) is 10.0 Å². The third-order valence-corrected chi connectivity index (χ3v) is 8.78. The monoisotopic (exact) mass is 538 g/mol. The first kappa shape index (κ1) is 27.8. The first-order valence-electron chi connectivity index (χ1n) is 12.7. The summed E-state index contributed by atoms with van der Waals surface area (Å²) in [5.74, 6) is -1.53. The van der Waals surface area contributed by atoms with Crippen molar-refractivity contribution in [1.29, 1.82) is 0 Å². The largest absolute Gasteiger partial charge is 0.505 e. The highest BCUT2D eigenvalue weighted by Crippen LogP contribution is 2.38. The topological polar surface area (TPSA) is 88.1 Å². The number of benzene rings is 2. The van der Waals surface area contributed by atoms with E-state index in [1.807, 2.05) is 31.2 Å². The van der Waals surface area contributed by atoms with Crippen molar-refractivity contribution in [2.75, 3.05) is 20.0 Å². The van der Waals surface area contributed by atoms with Crippen molar-refractivity contribution < 1.29 is 31.8 Å². The van der Waals surface area contributed by atoms with Crippen LogP contribution in [0.4, 0.5) is 8.78 Å². The minimum absolute atomic E-state index is 0.0481. The van der Waals surface area contributed by atoms with Crippen LogP contribution in [0.2, 0.25) is 0 Å². The molecule has 1 saturated carbocycles. The van der Waals surface area contributed by atoms with Gasteiger partial charge in [0, 0.05) is 30.7 Å². The van der Waals surface area contributed by atoms with Gasteiger partial charge in [-0.2, -0.15) is 4.31 Å². The maximum absolute atomic E-state index is 14.3. The molecular weight excluding hydrogens is 502 g/mol. The Bertz CT molecular complexity index is 1170. The van der Waals surface area contributed by atoms with Crippen molar-refractivity contribution in [2.45, 2.75) is 75.7 Å². The number of ether oxygens (including phenoxy) is 2. The number of hydrogen-bond donors (Lipinski definition) is 2. The van der Waals surface area contributed by atoms with Crippen molar-refractivity contribution in [2.24, 2.45) is 0 Å². The Kier molecular flexibility index (Phi) is 8.73. The second kappa shape index (κ2) is 11.6. The smallest absolute Gasteiger partial charge is 0.211 e. The van der Waals surface area contributed by atoms with E-state index in [-0.39, 0.29) is 42.3 Å². The molecule has 0 aromatic heterocycles. The van der Waals surface area contributed by atoms with Crippen molar-refractivity contribution in [3.63, 3.8) is 0 Å². The van der Waals surface area contributed by atoms with Gasteiger partial charge in [0.25, 0.3) is 0 Å². The van der Waals surface area contributed by atoms with Gasteiger partial charge in [0.15, 0.2) is 11.6 Å². The molecule has 37 heavy (non-hydrogen) atoms. The molecule has 1 aliphatic carbocycles. The number of halogens is 2. The predicted molar refractivity (Wildman–Crippen MR) is 137 cm³/mol. The number of methoxy groups -OCH3 is 1. The highest BCUT2D eigenvalue weighted by Gasteiger charge is 2.40. The zero-order valence-electron chi connectivity index (χ0n) is 21.5. The van der Waals surface area contributed by atoms with Crippen LogP contribution in [0, 0.1) is 11.6 Å². The van der Waals surface area contributed by atoms with E-state index in [9.17, 15) is 22.3 Å². The van der Waals surface area contributed by atoms with Crippen LogP contribution in [0.1, 0.15) is 56.1 Å². The van der Waals surface area contributed by atoms with Gasteiger partial charge in [0.1, 0.15) is 11.6 Å². The first-order valence-corrected chi connectivity index (χ1v) is 14.5. The Balaban J connectivity index is 1.38. The van der Waals surface area contributed by atoms with Gasteiger partial charge in [-0.1, -0.05) is 12.1 Å². The number of sulfonamides is 1. The average molecular weight is 539 g/mol. The van der Waals surface area contributed by atoms with Gasteiger partial charge in [-0.15, -0.1) is 0 Å². The van der Waals surface area contributed by atoms with Crippen molar-refractivity contribution in [1.82, 2.24) is 9.62 Å². The lowest BCUT2D eigenvalue weighted by Gasteiger charge is -2.33. The Morgan fingerprint density at radius 2 is 1.78 bits per heavy atom. The summed E-state index contributed by atoms with van der Waals surface area (Å²) < 4.78 is 66.7. The number of hydrogen-bond acceptors (Lipinski definition) is 6. The molecule has 0 spiro atoms. The van der Waals surface area contributed by atoms with Crippen LogP contribution in [-0.4, -0.2) is 62.0 Å². The molecule has 7 nitrogen and oxygen atoms in total. The number of aromatic hydroxyl groups is 1. The molecule has 1 saturated heterocycles. The molecule has 10 heteroatoms. The number of nitrogens with one attached hydrogen (secondary N) is 1. The minimum Gasteiger partial charge on any atom is -0.505 e. The van der Waals surface area contributed by atoms with E-state index in [0.717, 1.165) is 17.7 Å². The van der Waals surface area contributed by atoms with Crippen LogP contribution in [0.5, 0.6) is 11.5 Å². The van der Waals surface area contributed by atoms with E-state index in [0.29, 0.717) is 44.5 Å². The van der Waals surface area contributed by atoms with Crippen LogP contribution in [-0.2, 0) is 21.3 Å². The van der Waals surface area contributed by atoms with Crippen molar-refractivity contribution >= 4 is 10.0 Å². The molecule has 2 N–H and O–H groups in total. The summed E-state index contributed by atoms with van der Waals surface area (Å²) in [5, 5.41) is 13.1. The molecule has 0 amide bonds. The Morgan fingerprint density at radius 3 is 2.41 bits per heavy atom. The number of rotatable bonds is 9. The van der Waals surface area contributed by atoms with E-state index < -0.39 is 27.4 Å². The zero-order valence-corrected chi connectivity index (χ0v) is 22.3. The van der Waals surface area contributed by atoms with E-state index in [2.05, 4.69) is 5.32 Å². The van der Waals surface area contributed by atoms with Gasteiger partial charge in [0.05, 0.1) is 26.1 Å². The normalized spacial score (nSPS) is 26.5.